The van der Waals surface area contributed by atoms with Crippen LogP contribution in [0.15, 0.2) is 21.8 Å². The van der Waals surface area contributed by atoms with E-state index in [0.29, 0.717) is 15.4 Å². The van der Waals surface area contributed by atoms with Crippen LogP contribution in [0.4, 0.5) is 4.39 Å². The van der Waals surface area contributed by atoms with E-state index < -0.39 is 0 Å². The molecule has 1 heterocycles. The zero-order chi connectivity index (χ0) is 10.6. The Hall–Kier alpha value is 0.200. The van der Waals surface area contributed by atoms with Gasteiger partial charge in [0.05, 0.1) is 0 Å². The number of halogens is 3. The third-order valence-electron chi connectivity index (χ3n) is 1.60. The fraction of sp³-hybridized carbons (Fsp3) is 0.444. The van der Waals surface area contributed by atoms with Gasteiger partial charge in [-0.15, -0.1) is 23.4 Å². The van der Waals surface area contributed by atoms with Gasteiger partial charge in [-0.05, 0) is 28.4 Å². The largest absolute Gasteiger partial charge is 0.246 e. The molecule has 0 bridgehead atoms. The Morgan fingerprint density at radius 2 is 2.43 bits per heavy atom. The van der Waals surface area contributed by atoms with Gasteiger partial charge in [0, 0.05) is 21.8 Å². The fourth-order valence-corrected chi connectivity index (χ4v) is 2.55. The molecule has 0 saturated carbocycles. The van der Waals surface area contributed by atoms with Crippen LogP contribution in [0.25, 0.3) is 0 Å². The van der Waals surface area contributed by atoms with Gasteiger partial charge in [-0.3, -0.25) is 0 Å². The van der Waals surface area contributed by atoms with Gasteiger partial charge in [0.15, 0.2) is 5.82 Å². The highest BCUT2D eigenvalue weighted by Crippen LogP contribution is 2.27. The van der Waals surface area contributed by atoms with Crippen molar-refractivity contribution < 1.29 is 4.39 Å². The van der Waals surface area contributed by atoms with E-state index in [0.717, 1.165) is 6.42 Å². The van der Waals surface area contributed by atoms with Gasteiger partial charge in [0.2, 0.25) is 0 Å². The molecule has 1 aromatic heterocycles. The summed E-state index contributed by atoms with van der Waals surface area (Å²) in [7, 11) is 0. The number of nitrogens with zero attached hydrogens (tertiary/aromatic N) is 1. The van der Waals surface area contributed by atoms with Crippen molar-refractivity contribution >= 4 is 39.3 Å². The van der Waals surface area contributed by atoms with Crippen LogP contribution in [0.2, 0.25) is 0 Å². The van der Waals surface area contributed by atoms with E-state index in [1.807, 2.05) is 6.92 Å². The van der Waals surface area contributed by atoms with E-state index in [2.05, 4.69) is 20.9 Å². The van der Waals surface area contributed by atoms with E-state index in [4.69, 9.17) is 11.6 Å². The molecular formula is C9H10BrClFNS. The molecule has 0 aliphatic rings. The first-order valence-electron chi connectivity index (χ1n) is 4.17. The molecule has 1 nitrogen and oxygen atoms in total. The molecule has 1 rings (SSSR count). The fourth-order valence-electron chi connectivity index (χ4n) is 0.892. The molecular weight excluding hydrogens is 289 g/mol. The second-order valence-corrected chi connectivity index (χ2v) is 5.57. The Balaban J connectivity index is 2.67. The quantitative estimate of drug-likeness (QED) is 0.613. The zero-order valence-electron chi connectivity index (χ0n) is 7.64. The number of pyridine rings is 1. The summed E-state index contributed by atoms with van der Waals surface area (Å²) in [4.78, 5) is 4.00. The van der Waals surface area contributed by atoms with Crippen molar-refractivity contribution in [1.82, 2.24) is 4.98 Å². The molecule has 5 heteroatoms. The molecule has 0 aliphatic carbocycles. The van der Waals surface area contributed by atoms with Crippen molar-refractivity contribution in [3.05, 3.63) is 22.6 Å². The minimum Gasteiger partial charge on any atom is -0.246 e. The van der Waals surface area contributed by atoms with Crippen LogP contribution >= 0.6 is 39.3 Å². The van der Waals surface area contributed by atoms with Crippen LogP contribution in [0, 0.1) is 5.82 Å². The highest BCUT2D eigenvalue weighted by Gasteiger charge is 2.09. The highest BCUT2D eigenvalue weighted by atomic mass is 79.9. The molecule has 0 spiro atoms. The average Bonchev–Trinajstić information content (AvgIpc) is 2.10. The number of hydrogen-bond acceptors (Lipinski definition) is 2. The second-order valence-electron chi connectivity index (χ2n) is 2.85. The lowest BCUT2D eigenvalue weighted by molar-refractivity contribution is 0.586. The molecule has 1 unspecified atom stereocenters. The standard InChI is InChI=1S/C9H10BrClFNS/c1-6(2-3-11)14-9-8(12)4-7(10)5-13-9/h4-6H,2-3H2,1H3. The van der Waals surface area contributed by atoms with Gasteiger partial charge in [0.25, 0.3) is 0 Å². The zero-order valence-corrected chi connectivity index (χ0v) is 10.8. The lowest BCUT2D eigenvalue weighted by Crippen LogP contribution is -1.99. The monoisotopic (exact) mass is 297 g/mol. The smallest absolute Gasteiger partial charge is 0.156 e. The summed E-state index contributed by atoms with van der Waals surface area (Å²) < 4.78 is 14.0. The van der Waals surface area contributed by atoms with Crippen molar-refractivity contribution in [3.8, 4) is 0 Å². The minimum absolute atomic E-state index is 0.286. The number of alkyl halides is 1. The average molecular weight is 299 g/mol. The Labute approximate surface area is 101 Å². The van der Waals surface area contributed by atoms with Crippen molar-refractivity contribution in [2.45, 2.75) is 23.6 Å². The first-order chi connectivity index (χ1) is 6.63. The molecule has 0 saturated heterocycles. The second kappa shape index (κ2) is 5.93. The minimum atomic E-state index is -0.286. The topological polar surface area (TPSA) is 12.9 Å². The van der Waals surface area contributed by atoms with Crippen LogP contribution < -0.4 is 0 Å². The molecule has 0 aliphatic heterocycles. The molecule has 0 fully saturated rings. The first-order valence-corrected chi connectivity index (χ1v) is 6.38. The van der Waals surface area contributed by atoms with E-state index in [-0.39, 0.29) is 11.1 Å². The summed E-state index contributed by atoms with van der Waals surface area (Å²) in [5, 5.41) is 0.724. The maximum atomic E-state index is 13.3. The normalized spacial score (nSPS) is 12.9. The summed E-state index contributed by atoms with van der Waals surface area (Å²) >= 11 is 10.2. The molecule has 0 N–H and O–H groups in total. The van der Waals surface area contributed by atoms with Gasteiger partial charge < -0.3 is 0 Å². The van der Waals surface area contributed by atoms with Crippen LogP contribution in [0.3, 0.4) is 0 Å². The molecule has 78 valence electrons. The van der Waals surface area contributed by atoms with Gasteiger partial charge >= 0.3 is 0 Å². The summed E-state index contributed by atoms with van der Waals surface area (Å²) in [5.41, 5.74) is 0. The van der Waals surface area contributed by atoms with Crippen LogP contribution in [0.5, 0.6) is 0 Å². The predicted octanol–water partition coefficient (Wildman–Crippen LogP) is 4.09. The number of hydrogen-bond donors (Lipinski definition) is 0. The Morgan fingerprint density at radius 1 is 1.71 bits per heavy atom. The lowest BCUT2D eigenvalue weighted by Gasteiger charge is -2.08. The molecule has 0 amide bonds. The number of rotatable bonds is 4. The number of aromatic nitrogens is 1. The summed E-state index contributed by atoms with van der Waals surface area (Å²) in [6.45, 7) is 2.01. The van der Waals surface area contributed by atoms with E-state index in [1.165, 1.54) is 17.8 Å². The SMILES string of the molecule is CC(CCCl)Sc1ncc(Br)cc1F. The van der Waals surface area contributed by atoms with Crippen molar-refractivity contribution in [1.29, 1.82) is 0 Å². The van der Waals surface area contributed by atoms with E-state index in [9.17, 15) is 4.39 Å². The maximum Gasteiger partial charge on any atom is 0.156 e. The van der Waals surface area contributed by atoms with Crippen molar-refractivity contribution in [3.63, 3.8) is 0 Å². The first kappa shape index (κ1) is 12.3. The molecule has 0 aromatic carbocycles. The third-order valence-corrected chi connectivity index (χ3v) is 3.42. The third kappa shape index (κ3) is 3.75. The van der Waals surface area contributed by atoms with Crippen LogP contribution in [-0.4, -0.2) is 16.1 Å². The summed E-state index contributed by atoms with van der Waals surface area (Å²) in [6, 6.07) is 1.42. The van der Waals surface area contributed by atoms with Crippen molar-refractivity contribution in [2.75, 3.05) is 5.88 Å². The molecule has 0 radical (unpaired) electrons. The Bertz CT molecular complexity index is 311. The van der Waals surface area contributed by atoms with Crippen molar-refractivity contribution in [2.24, 2.45) is 0 Å². The highest BCUT2D eigenvalue weighted by molar-refractivity contribution is 9.10. The molecule has 1 atom stereocenters. The molecule has 1 aromatic rings. The summed E-state index contributed by atoms with van der Waals surface area (Å²) in [6.07, 6.45) is 2.45. The van der Waals surface area contributed by atoms with Gasteiger partial charge in [-0.1, -0.05) is 6.92 Å². The van der Waals surface area contributed by atoms with Gasteiger partial charge in [-0.25, -0.2) is 9.37 Å². The van der Waals surface area contributed by atoms with Gasteiger partial charge in [-0.2, -0.15) is 0 Å². The lowest BCUT2D eigenvalue weighted by atomic mass is 10.4. The summed E-state index contributed by atoms with van der Waals surface area (Å²) in [5.74, 6) is 0.303. The molecule has 14 heavy (non-hydrogen) atoms. The predicted molar refractivity (Wildman–Crippen MR) is 62.6 cm³/mol. The number of thioether (sulfide) groups is 1. The maximum absolute atomic E-state index is 13.3. The van der Waals surface area contributed by atoms with E-state index in [1.54, 1.807) is 6.20 Å². The van der Waals surface area contributed by atoms with Gasteiger partial charge in [0.1, 0.15) is 5.03 Å². The van der Waals surface area contributed by atoms with E-state index >= 15 is 0 Å². The van der Waals surface area contributed by atoms with Crippen LogP contribution in [-0.2, 0) is 0 Å². The Kier molecular flexibility index (Phi) is 5.20. The Morgan fingerprint density at radius 3 is 3.00 bits per heavy atom. The van der Waals surface area contributed by atoms with Crippen LogP contribution in [0.1, 0.15) is 13.3 Å².